The third-order valence-electron chi connectivity index (χ3n) is 4.20. The quantitative estimate of drug-likeness (QED) is 0.630. The highest BCUT2D eigenvalue weighted by Gasteiger charge is 2.53. The van der Waals surface area contributed by atoms with Gasteiger partial charge in [0.25, 0.3) is 0 Å². The SMILES string of the molecule is COc1ccc([N+](=O)[O-])c(NCC2(C3CC3)CC2)n1. The molecule has 0 amide bonds. The Hall–Kier alpha value is -1.85. The van der Waals surface area contributed by atoms with Gasteiger partial charge in [-0.1, -0.05) is 0 Å². The Morgan fingerprint density at radius 3 is 2.79 bits per heavy atom. The lowest BCUT2D eigenvalue weighted by molar-refractivity contribution is -0.384. The van der Waals surface area contributed by atoms with Gasteiger partial charge in [-0.25, -0.2) is 0 Å². The number of pyridine rings is 1. The van der Waals surface area contributed by atoms with Crippen molar-refractivity contribution in [3.63, 3.8) is 0 Å². The molecule has 2 fully saturated rings. The molecular formula is C13H17N3O3. The minimum atomic E-state index is -0.411. The number of ether oxygens (including phenoxy) is 1. The lowest BCUT2D eigenvalue weighted by Gasteiger charge is -2.15. The topological polar surface area (TPSA) is 77.3 Å². The third kappa shape index (κ3) is 2.34. The predicted octanol–water partition coefficient (Wildman–Crippen LogP) is 2.60. The van der Waals surface area contributed by atoms with Gasteiger partial charge in [0.15, 0.2) is 0 Å². The van der Waals surface area contributed by atoms with Crippen molar-refractivity contribution in [2.75, 3.05) is 19.0 Å². The number of nitrogens with one attached hydrogen (secondary N) is 1. The van der Waals surface area contributed by atoms with Crippen LogP contribution in [0.3, 0.4) is 0 Å². The molecule has 0 saturated heterocycles. The Labute approximate surface area is 111 Å². The fraction of sp³-hybridized carbons (Fsp3) is 0.615. The minimum Gasteiger partial charge on any atom is -0.481 e. The molecule has 0 aliphatic heterocycles. The summed E-state index contributed by atoms with van der Waals surface area (Å²) in [6.07, 6.45) is 5.05. The number of hydrogen-bond acceptors (Lipinski definition) is 5. The summed E-state index contributed by atoms with van der Waals surface area (Å²) in [6.45, 7) is 0.776. The van der Waals surface area contributed by atoms with Crippen LogP contribution in [0.15, 0.2) is 12.1 Å². The van der Waals surface area contributed by atoms with Gasteiger partial charge in [0, 0.05) is 18.7 Å². The Morgan fingerprint density at radius 1 is 1.53 bits per heavy atom. The molecule has 0 bridgehead atoms. The number of nitrogens with zero attached hydrogens (tertiary/aromatic N) is 2. The fourth-order valence-corrected chi connectivity index (χ4v) is 2.67. The maximum absolute atomic E-state index is 11.0. The second kappa shape index (κ2) is 4.36. The summed E-state index contributed by atoms with van der Waals surface area (Å²) in [5, 5.41) is 14.2. The Morgan fingerprint density at radius 2 is 2.26 bits per heavy atom. The zero-order valence-electron chi connectivity index (χ0n) is 10.9. The Kier molecular flexibility index (Phi) is 2.80. The molecule has 102 valence electrons. The third-order valence-corrected chi connectivity index (χ3v) is 4.20. The van der Waals surface area contributed by atoms with E-state index in [4.69, 9.17) is 4.74 Å². The van der Waals surface area contributed by atoms with Crippen molar-refractivity contribution in [3.05, 3.63) is 22.2 Å². The van der Waals surface area contributed by atoms with E-state index in [1.54, 1.807) is 0 Å². The zero-order valence-corrected chi connectivity index (χ0v) is 10.9. The molecule has 0 atom stereocenters. The van der Waals surface area contributed by atoms with E-state index in [0.29, 0.717) is 17.1 Å². The molecule has 2 aliphatic carbocycles. The Bertz CT molecular complexity index is 510. The van der Waals surface area contributed by atoms with Gasteiger partial charge >= 0.3 is 5.69 Å². The molecule has 1 heterocycles. The summed E-state index contributed by atoms with van der Waals surface area (Å²) in [4.78, 5) is 14.7. The van der Waals surface area contributed by atoms with Gasteiger partial charge in [-0.3, -0.25) is 10.1 Å². The normalized spacial score (nSPS) is 19.8. The largest absolute Gasteiger partial charge is 0.481 e. The molecule has 0 spiro atoms. The second-order valence-corrected chi connectivity index (χ2v) is 5.47. The van der Waals surface area contributed by atoms with Crippen molar-refractivity contribution in [1.82, 2.24) is 4.98 Å². The standard InChI is InChI=1S/C13H17N3O3/c1-19-11-5-4-10(16(17)18)12(15-11)14-8-13(6-7-13)9-2-3-9/h4-5,9H,2-3,6-8H2,1H3,(H,14,15). The van der Waals surface area contributed by atoms with Gasteiger partial charge in [-0.05, 0) is 37.0 Å². The van der Waals surface area contributed by atoms with Crippen molar-refractivity contribution in [1.29, 1.82) is 0 Å². The van der Waals surface area contributed by atoms with Gasteiger partial charge < -0.3 is 10.1 Å². The van der Waals surface area contributed by atoms with E-state index in [1.165, 1.54) is 44.9 Å². The molecular weight excluding hydrogens is 246 g/mol. The summed E-state index contributed by atoms with van der Waals surface area (Å²) < 4.78 is 5.02. The highest BCUT2D eigenvalue weighted by Crippen LogP contribution is 2.61. The summed E-state index contributed by atoms with van der Waals surface area (Å²) >= 11 is 0. The summed E-state index contributed by atoms with van der Waals surface area (Å²) in [5.74, 6) is 1.52. The van der Waals surface area contributed by atoms with E-state index >= 15 is 0 Å². The molecule has 1 aromatic rings. The van der Waals surface area contributed by atoms with Crippen molar-refractivity contribution in [3.8, 4) is 5.88 Å². The van der Waals surface area contributed by atoms with Crippen molar-refractivity contribution >= 4 is 11.5 Å². The van der Waals surface area contributed by atoms with Crippen LogP contribution >= 0.6 is 0 Å². The smallest absolute Gasteiger partial charge is 0.311 e. The van der Waals surface area contributed by atoms with Crippen LogP contribution in [0.2, 0.25) is 0 Å². The van der Waals surface area contributed by atoms with Gasteiger partial charge in [-0.15, -0.1) is 0 Å². The van der Waals surface area contributed by atoms with Gasteiger partial charge in [0.1, 0.15) is 0 Å². The van der Waals surface area contributed by atoms with E-state index in [0.717, 1.165) is 12.5 Å². The number of aromatic nitrogens is 1. The van der Waals surface area contributed by atoms with Crippen LogP contribution in [0.25, 0.3) is 0 Å². The lowest BCUT2D eigenvalue weighted by Crippen LogP contribution is -2.18. The minimum absolute atomic E-state index is 0.00685. The number of rotatable bonds is 6. The van der Waals surface area contributed by atoms with E-state index in [9.17, 15) is 10.1 Å². The zero-order chi connectivity index (χ0) is 13.5. The molecule has 1 N–H and O–H groups in total. The van der Waals surface area contributed by atoms with Crippen LogP contribution in [0.5, 0.6) is 5.88 Å². The molecule has 1 aromatic heterocycles. The summed E-state index contributed by atoms with van der Waals surface area (Å²) in [6, 6.07) is 2.95. The van der Waals surface area contributed by atoms with E-state index in [1.807, 2.05) is 0 Å². The maximum atomic E-state index is 11.0. The van der Waals surface area contributed by atoms with Gasteiger partial charge in [0.05, 0.1) is 12.0 Å². The summed E-state index contributed by atoms with van der Waals surface area (Å²) in [5.41, 5.74) is 0.380. The molecule has 0 radical (unpaired) electrons. The van der Waals surface area contributed by atoms with E-state index in [-0.39, 0.29) is 5.69 Å². The van der Waals surface area contributed by atoms with Crippen LogP contribution in [-0.2, 0) is 0 Å². The molecule has 2 saturated carbocycles. The fourth-order valence-electron chi connectivity index (χ4n) is 2.67. The van der Waals surface area contributed by atoms with Crippen LogP contribution in [0.1, 0.15) is 25.7 Å². The molecule has 19 heavy (non-hydrogen) atoms. The first kappa shape index (κ1) is 12.2. The number of nitro groups is 1. The van der Waals surface area contributed by atoms with Crippen LogP contribution in [0.4, 0.5) is 11.5 Å². The average molecular weight is 263 g/mol. The monoisotopic (exact) mass is 263 g/mol. The Balaban J connectivity index is 1.76. The lowest BCUT2D eigenvalue weighted by atomic mass is 10.0. The van der Waals surface area contributed by atoms with Crippen LogP contribution in [0, 0.1) is 21.4 Å². The molecule has 3 rings (SSSR count). The first-order valence-corrected chi connectivity index (χ1v) is 6.58. The highest BCUT2D eigenvalue weighted by atomic mass is 16.6. The molecule has 6 nitrogen and oxygen atoms in total. The van der Waals surface area contributed by atoms with E-state index < -0.39 is 4.92 Å². The predicted molar refractivity (Wildman–Crippen MR) is 70.3 cm³/mol. The van der Waals surface area contributed by atoms with Crippen LogP contribution < -0.4 is 10.1 Å². The molecule has 2 aliphatic rings. The first-order chi connectivity index (χ1) is 9.14. The number of hydrogen-bond donors (Lipinski definition) is 1. The highest BCUT2D eigenvalue weighted by molar-refractivity contribution is 5.57. The van der Waals surface area contributed by atoms with Gasteiger partial charge in [-0.2, -0.15) is 4.98 Å². The van der Waals surface area contributed by atoms with Crippen molar-refractivity contribution in [2.24, 2.45) is 11.3 Å². The summed E-state index contributed by atoms with van der Waals surface area (Å²) in [7, 11) is 1.50. The van der Waals surface area contributed by atoms with E-state index in [2.05, 4.69) is 10.3 Å². The second-order valence-electron chi connectivity index (χ2n) is 5.47. The number of methoxy groups -OCH3 is 1. The van der Waals surface area contributed by atoms with Crippen molar-refractivity contribution < 1.29 is 9.66 Å². The van der Waals surface area contributed by atoms with Crippen LogP contribution in [-0.4, -0.2) is 23.6 Å². The molecule has 0 unspecified atom stereocenters. The number of anilines is 1. The maximum Gasteiger partial charge on any atom is 0.311 e. The first-order valence-electron chi connectivity index (χ1n) is 6.58. The molecule has 6 heteroatoms. The van der Waals surface area contributed by atoms with Crippen molar-refractivity contribution in [2.45, 2.75) is 25.7 Å². The average Bonchev–Trinajstić information content (AvgIpc) is 3.28. The molecule has 0 aromatic carbocycles. The van der Waals surface area contributed by atoms with Gasteiger partial charge in [0.2, 0.25) is 11.7 Å².